The molecule has 0 aliphatic rings. The maximum absolute atomic E-state index is 10.1. The van der Waals surface area contributed by atoms with Gasteiger partial charge >= 0.3 is 5.97 Å². The molecule has 0 fully saturated rings. The van der Waals surface area contributed by atoms with E-state index in [1.165, 1.54) is 24.3 Å². The van der Waals surface area contributed by atoms with Gasteiger partial charge in [0.1, 0.15) is 0 Å². The van der Waals surface area contributed by atoms with E-state index in [9.17, 15) is 4.79 Å². The summed E-state index contributed by atoms with van der Waals surface area (Å²) in [6.07, 6.45) is 2.27. The Bertz CT molecular complexity index is 360. The lowest BCUT2D eigenvalue weighted by atomic mass is 10.2. The molecule has 0 heterocycles. The maximum Gasteiger partial charge on any atom is 0.328 e. The van der Waals surface area contributed by atoms with E-state index in [1.54, 1.807) is 0 Å². The van der Waals surface area contributed by atoms with Crippen molar-refractivity contribution in [2.75, 3.05) is 0 Å². The van der Waals surface area contributed by atoms with Crippen LogP contribution in [0.1, 0.15) is 5.56 Å². The van der Waals surface area contributed by atoms with E-state index >= 15 is 0 Å². The number of carboxylic acid groups (broad SMARTS) is 1. The Morgan fingerprint density at radius 3 is 2.36 bits per heavy atom. The highest BCUT2D eigenvalue weighted by molar-refractivity contribution is 5.85. The molecule has 0 saturated carbocycles. The third kappa shape index (κ3) is 3.37. The van der Waals surface area contributed by atoms with Crippen molar-refractivity contribution in [3.8, 4) is 11.5 Å². The minimum Gasteiger partial charge on any atom is -0.504 e. The highest BCUT2D eigenvalue weighted by atomic mass is 35.5. The number of aliphatic carboxylic acids is 1. The Morgan fingerprint density at radius 2 is 1.86 bits per heavy atom. The Morgan fingerprint density at radius 1 is 1.21 bits per heavy atom. The Hall–Kier alpha value is -1.68. The van der Waals surface area contributed by atoms with Gasteiger partial charge in [-0.1, -0.05) is 6.07 Å². The quantitative estimate of drug-likeness (QED) is 0.519. The van der Waals surface area contributed by atoms with Crippen LogP contribution in [0.25, 0.3) is 6.08 Å². The summed E-state index contributed by atoms with van der Waals surface area (Å²) < 4.78 is 0. The zero-order valence-electron chi connectivity index (χ0n) is 7.04. The van der Waals surface area contributed by atoms with Gasteiger partial charge in [-0.05, 0) is 23.8 Å². The van der Waals surface area contributed by atoms with Crippen LogP contribution >= 0.6 is 12.4 Å². The van der Waals surface area contributed by atoms with Crippen molar-refractivity contribution in [2.24, 2.45) is 0 Å². The van der Waals surface area contributed by atoms with E-state index in [2.05, 4.69) is 0 Å². The Balaban J connectivity index is 0.00000169. The van der Waals surface area contributed by atoms with E-state index in [-0.39, 0.29) is 23.9 Å². The fourth-order valence-electron chi connectivity index (χ4n) is 0.812. The van der Waals surface area contributed by atoms with E-state index in [0.717, 1.165) is 6.08 Å². The summed E-state index contributed by atoms with van der Waals surface area (Å²) in [5.41, 5.74) is 0.512. The third-order valence-corrected chi connectivity index (χ3v) is 1.42. The summed E-state index contributed by atoms with van der Waals surface area (Å²) in [6.45, 7) is 0. The second kappa shape index (κ2) is 5.14. The van der Waals surface area contributed by atoms with Crippen LogP contribution in [0.5, 0.6) is 11.5 Å². The van der Waals surface area contributed by atoms with Crippen molar-refractivity contribution in [2.45, 2.75) is 0 Å². The van der Waals surface area contributed by atoms with Crippen LogP contribution in [0, 0.1) is 0 Å². The van der Waals surface area contributed by atoms with Crippen LogP contribution in [0.4, 0.5) is 0 Å². The van der Waals surface area contributed by atoms with Crippen molar-refractivity contribution in [1.29, 1.82) is 0 Å². The first-order valence-electron chi connectivity index (χ1n) is 3.52. The van der Waals surface area contributed by atoms with Gasteiger partial charge in [-0.25, -0.2) is 4.79 Å². The first-order valence-corrected chi connectivity index (χ1v) is 3.52. The van der Waals surface area contributed by atoms with Crippen LogP contribution < -0.4 is 0 Å². The van der Waals surface area contributed by atoms with Crippen molar-refractivity contribution < 1.29 is 20.1 Å². The fraction of sp³-hybridized carbons (Fsp3) is 0. The summed E-state index contributed by atoms with van der Waals surface area (Å²) in [5.74, 6) is -1.56. The average molecular weight is 217 g/mol. The standard InChI is InChI=1S/C9H8O4.ClH/c10-7-3-1-6(5-8(7)11)2-4-9(12)13;/h1-5,10-11H,(H,12,13);1H. The van der Waals surface area contributed by atoms with Crippen LogP contribution in [0.15, 0.2) is 24.3 Å². The van der Waals surface area contributed by atoms with Crippen molar-refractivity contribution in [3.63, 3.8) is 0 Å². The lowest BCUT2D eigenvalue weighted by Crippen LogP contribution is -1.85. The molecule has 14 heavy (non-hydrogen) atoms. The SMILES string of the molecule is Cl.O=C(O)C=Cc1ccc(O)c(O)c1. The Kier molecular flexibility index (Phi) is 4.52. The van der Waals surface area contributed by atoms with Crippen molar-refractivity contribution in [1.82, 2.24) is 0 Å². The van der Waals surface area contributed by atoms with Gasteiger partial charge in [-0.2, -0.15) is 0 Å². The van der Waals surface area contributed by atoms with Crippen LogP contribution in [-0.2, 0) is 4.79 Å². The molecule has 0 spiro atoms. The van der Waals surface area contributed by atoms with Crippen LogP contribution in [-0.4, -0.2) is 21.3 Å². The van der Waals surface area contributed by atoms with Gasteiger partial charge in [-0.3, -0.25) is 0 Å². The van der Waals surface area contributed by atoms with E-state index in [0.29, 0.717) is 5.56 Å². The molecule has 1 aromatic carbocycles. The summed E-state index contributed by atoms with van der Waals surface area (Å²) in [5, 5.41) is 26.3. The lowest BCUT2D eigenvalue weighted by molar-refractivity contribution is -0.131. The molecule has 0 saturated heterocycles. The third-order valence-electron chi connectivity index (χ3n) is 1.42. The zero-order chi connectivity index (χ0) is 9.84. The molecule has 0 amide bonds. The van der Waals surface area contributed by atoms with Gasteiger partial charge in [0.15, 0.2) is 11.5 Å². The predicted octanol–water partition coefficient (Wildman–Crippen LogP) is 1.62. The number of hydrogen-bond donors (Lipinski definition) is 3. The van der Waals surface area contributed by atoms with Crippen LogP contribution in [0.2, 0.25) is 0 Å². The number of rotatable bonds is 2. The molecule has 76 valence electrons. The summed E-state index contributed by atoms with van der Waals surface area (Å²) in [4.78, 5) is 10.1. The van der Waals surface area contributed by atoms with Crippen LogP contribution in [0.3, 0.4) is 0 Å². The molecule has 0 aliphatic heterocycles. The summed E-state index contributed by atoms with van der Waals surface area (Å²) >= 11 is 0. The van der Waals surface area contributed by atoms with Gasteiger partial charge in [0.25, 0.3) is 0 Å². The summed E-state index contributed by atoms with van der Waals surface area (Å²) in [7, 11) is 0. The number of halogens is 1. The first-order chi connectivity index (χ1) is 6.09. The molecule has 0 aliphatic carbocycles. The molecule has 0 radical (unpaired) electrons. The number of carbonyl (C=O) groups is 1. The molecule has 0 atom stereocenters. The molecule has 1 rings (SSSR count). The van der Waals surface area contributed by atoms with Gasteiger partial charge in [-0.15, -0.1) is 12.4 Å². The number of phenols is 2. The first kappa shape index (κ1) is 12.3. The Labute approximate surface area is 86.5 Å². The number of phenolic OH excluding ortho intramolecular Hbond substituents is 2. The molecule has 0 bridgehead atoms. The topological polar surface area (TPSA) is 77.8 Å². The van der Waals surface area contributed by atoms with Gasteiger partial charge in [0, 0.05) is 6.08 Å². The monoisotopic (exact) mass is 216 g/mol. The molecule has 0 unspecified atom stereocenters. The molecular formula is C9H9ClO4. The van der Waals surface area contributed by atoms with Gasteiger partial charge in [0.2, 0.25) is 0 Å². The van der Waals surface area contributed by atoms with Gasteiger partial charge in [0.05, 0.1) is 0 Å². The normalized spacial score (nSPS) is 9.71. The molecule has 0 aromatic heterocycles. The molecule has 1 aromatic rings. The van der Waals surface area contributed by atoms with Gasteiger partial charge < -0.3 is 15.3 Å². The molecule has 4 nitrogen and oxygen atoms in total. The molecule has 5 heteroatoms. The highest BCUT2D eigenvalue weighted by Gasteiger charge is 1.97. The predicted molar refractivity (Wildman–Crippen MR) is 53.7 cm³/mol. The van der Waals surface area contributed by atoms with Crippen molar-refractivity contribution >= 4 is 24.5 Å². The summed E-state index contributed by atoms with van der Waals surface area (Å²) in [6, 6.07) is 4.06. The number of benzene rings is 1. The number of hydrogen-bond acceptors (Lipinski definition) is 3. The molecule has 3 N–H and O–H groups in total. The second-order valence-electron chi connectivity index (χ2n) is 2.42. The highest BCUT2D eigenvalue weighted by Crippen LogP contribution is 2.25. The smallest absolute Gasteiger partial charge is 0.328 e. The largest absolute Gasteiger partial charge is 0.504 e. The zero-order valence-corrected chi connectivity index (χ0v) is 7.86. The second-order valence-corrected chi connectivity index (χ2v) is 2.42. The van der Waals surface area contributed by atoms with E-state index in [4.69, 9.17) is 15.3 Å². The average Bonchev–Trinajstić information content (AvgIpc) is 2.07. The minimum atomic E-state index is -1.06. The van der Waals surface area contributed by atoms with E-state index < -0.39 is 5.97 Å². The van der Waals surface area contributed by atoms with E-state index in [1.807, 2.05) is 0 Å². The maximum atomic E-state index is 10.1. The fourth-order valence-corrected chi connectivity index (χ4v) is 0.812. The minimum absolute atomic E-state index is 0. The lowest BCUT2D eigenvalue weighted by Gasteiger charge is -1.97. The molecular weight excluding hydrogens is 208 g/mol. The van der Waals surface area contributed by atoms with Crippen molar-refractivity contribution in [3.05, 3.63) is 29.8 Å². The number of carboxylic acids is 1. The number of aromatic hydroxyl groups is 2.